The van der Waals surface area contributed by atoms with Gasteiger partial charge in [-0.25, -0.2) is 13.2 Å². The maximum atomic E-state index is 13.5. The van der Waals surface area contributed by atoms with Gasteiger partial charge in [-0.15, -0.1) is 0 Å². The lowest BCUT2D eigenvalue weighted by Crippen LogP contribution is -2.42. The van der Waals surface area contributed by atoms with E-state index in [2.05, 4.69) is 10.6 Å². The molecule has 0 aromatic heterocycles. The molecule has 1 aliphatic rings. The molecule has 204 valence electrons. The van der Waals surface area contributed by atoms with Gasteiger partial charge in [0, 0.05) is 11.6 Å². The number of carbonyl (C=O) groups is 3. The molecule has 4 amide bonds. The molecule has 3 aromatic carbocycles. The summed E-state index contributed by atoms with van der Waals surface area (Å²) in [5, 5.41) is 5.67. The quantitative estimate of drug-likeness (QED) is 0.375. The van der Waals surface area contributed by atoms with E-state index in [1.165, 1.54) is 36.5 Å². The van der Waals surface area contributed by atoms with Crippen LogP contribution in [-0.4, -0.2) is 51.4 Å². The Morgan fingerprint density at radius 3 is 2.36 bits per heavy atom. The monoisotopic (exact) mass is 570 g/mol. The molecule has 0 radical (unpaired) electrons. The average molecular weight is 571 g/mol. The molecule has 1 heterocycles. The minimum Gasteiger partial charge on any atom is -0.495 e. The highest BCUT2D eigenvalue weighted by Crippen LogP contribution is 2.32. The van der Waals surface area contributed by atoms with Crippen LogP contribution in [0.2, 0.25) is 5.02 Å². The fourth-order valence-corrected chi connectivity index (χ4v) is 5.94. The van der Waals surface area contributed by atoms with E-state index in [0.29, 0.717) is 16.3 Å². The number of nitrogens with one attached hydrogen (secondary N) is 2. The number of amides is 4. The van der Waals surface area contributed by atoms with Gasteiger partial charge in [-0.3, -0.25) is 18.8 Å². The topological polar surface area (TPSA) is 125 Å². The first-order valence-corrected chi connectivity index (χ1v) is 13.8. The molecule has 3 aromatic rings. The van der Waals surface area contributed by atoms with Crippen LogP contribution in [0.5, 0.6) is 5.75 Å². The van der Waals surface area contributed by atoms with E-state index in [-0.39, 0.29) is 22.9 Å². The molecule has 1 aliphatic heterocycles. The molecule has 0 spiro atoms. The van der Waals surface area contributed by atoms with Crippen molar-refractivity contribution >= 4 is 50.8 Å². The number of imide groups is 1. The van der Waals surface area contributed by atoms with Gasteiger partial charge in [0.25, 0.3) is 15.9 Å². The van der Waals surface area contributed by atoms with Crippen LogP contribution in [-0.2, 0) is 25.2 Å². The van der Waals surface area contributed by atoms with Gasteiger partial charge in [0.05, 0.1) is 23.4 Å². The predicted octanol–water partition coefficient (Wildman–Crippen LogP) is 3.97. The van der Waals surface area contributed by atoms with Gasteiger partial charge in [0.15, 0.2) is 0 Å². The summed E-state index contributed by atoms with van der Waals surface area (Å²) in [6, 6.07) is 18.4. The minimum atomic E-state index is -3.99. The van der Waals surface area contributed by atoms with Crippen molar-refractivity contribution in [1.29, 1.82) is 0 Å². The van der Waals surface area contributed by atoms with E-state index < -0.39 is 40.0 Å². The van der Waals surface area contributed by atoms with E-state index in [4.69, 9.17) is 16.3 Å². The molecular formula is C27H27ClN4O6S. The number of methoxy groups -OCH3 is 1. The van der Waals surface area contributed by atoms with Crippen molar-refractivity contribution in [2.24, 2.45) is 0 Å². The number of carbonyl (C=O) groups excluding carboxylic acids is 3. The van der Waals surface area contributed by atoms with Gasteiger partial charge >= 0.3 is 6.03 Å². The molecule has 1 saturated heterocycles. The van der Waals surface area contributed by atoms with E-state index >= 15 is 0 Å². The summed E-state index contributed by atoms with van der Waals surface area (Å²) in [6.45, 7) is 2.84. The molecule has 1 unspecified atom stereocenters. The van der Waals surface area contributed by atoms with E-state index in [0.717, 1.165) is 4.90 Å². The molecule has 1 fully saturated rings. The van der Waals surface area contributed by atoms with E-state index in [1.54, 1.807) is 61.5 Å². The van der Waals surface area contributed by atoms with Gasteiger partial charge in [-0.05, 0) is 61.9 Å². The standard InChI is InChI=1S/C27H27ClN4O6S/c1-4-32(20-8-6-5-7-9-20)39(36,37)21-14-15-23(38-3)22(16-21)29-24(33)17-31-25(34)27(2,30-26(31)35)18-10-12-19(28)13-11-18/h5-16H,4,17H2,1-3H3,(H,29,33)(H,30,35). The predicted molar refractivity (Wildman–Crippen MR) is 147 cm³/mol. The maximum absolute atomic E-state index is 13.5. The Balaban J connectivity index is 1.56. The number of anilines is 2. The summed E-state index contributed by atoms with van der Waals surface area (Å²) in [5.74, 6) is -1.13. The molecule has 0 bridgehead atoms. The minimum absolute atomic E-state index is 0.0696. The van der Waals surface area contributed by atoms with Gasteiger partial charge in [0.2, 0.25) is 5.91 Å². The van der Waals surface area contributed by atoms with Crippen molar-refractivity contribution < 1.29 is 27.5 Å². The summed E-state index contributed by atoms with van der Waals surface area (Å²) in [7, 11) is -2.62. The van der Waals surface area contributed by atoms with Crippen LogP contribution in [0.1, 0.15) is 19.4 Å². The number of hydrogen-bond donors (Lipinski definition) is 2. The lowest BCUT2D eigenvalue weighted by Gasteiger charge is -2.23. The third-order valence-electron chi connectivity index (χ3n) is 6.36. The Morgan fingerprint density at radius 2 is 1.74 bits per heavy atom. The Kier molecular flexibility index (Phi) is 7.84. The molecule has 2 N–H and O–H groups in total. The lowest BCUT2D eigenvalue weighted by atomic mass is 9.92. The lowest BCUT2D eigenvalue weighted by molar-refractivity contribution is -0.133. The normalized spacial score (nSPS) is 17.1. The van der Waals surface area contributed by atoms with Crippen molar-refractivity contribution in [3.63, 3.8) is 0 Å². The Bertz CT molecular complexity index is 1510. The molecule has 4 rings (SSSR count). The van der Waals surface area contributed by atoms with Crippen LogP contribution in [0.4, 0.5) is 16.2 Å². The van der Waals surface area contributed by atoms with Gasteiger partial charge < -0.3 is 15.4 Å². The Morgan fingerprint density at radius 1 is 1.08 bits per heavy atom. The second-order valence-electron chi connectivity index (χ2n) is 8.87. The molecule has 10 nitrogen and oxygen atoms in total. The molecule has 39 heavy (non-hydrogen) atoms. The van der Waals surface area contributed by atoms with Gasteiger partial charge in [-0.2, -0.15) is 0 Å². The van der Waals surface area contributed by atoms with E-state index in [9.17, 15) is 22.8 Å². The fraction of sp³-hybridized carbons (Fsp3) is 0.222. The number of halogens is 1. The van der Waals surface area contributed by atoms with Crippen LogP contribution >= 0.6 is 11.6 Å². The van der Waals surface area contributed by atoms with Crippen LogP contribution in [0.25, 0.3) is 0 Å². The zero-order chi connectivity index (χ0) is 28.4. The van der Waals surface area contributed by atoms with Crippen LogP contribution < -0.4 is 19.7 Å². The summed E-state index contributed by atoms with van der Waals surface area (Å²) in [4.78, 5) is 39.5. The molecule has 0 aliphatic carbocycles. The highest BCUT2D eigenvalue weighted by Gasteiger charge is 2.49. The number of hydrogen-bond acceptors (Lipinski definition) is 6. The Hall–Kier alpha value is -4.09. The third-order valence-corrected chi connectivity index (χ3v) is 8.51. The Labute approximate surface area is 231 Å². The van der Waals surface area contributed by atoms with Crippen molar-refractivity contribution in [2.45, 2.75) is 24.3 Å². The van der Waals surface area contributed by atoms with Crippen LogP contribution in [0.15, 0.2) is 77.7 Å². The summed E-state index contributed by atoms with van der Waals surface area (Å²) in [5.41, 5.74) is -0.315. The summed E-state index contributed by atoms with van der Waals surface area (Å²) >= 11 is 5.94. The highest BCUT2D eigenvalue weighted by atomic mass is 35.5. The van der Waals surface area contributed by atoms with Crippen molar-refractivity contribution in [2.75, 3.05) is 29.8 Å². The second kappa shape index (κ2) is 11.0. The average Bonchev–Trinajstić information content (AvgIpc) is 3.13. The van der Waals surface area contributed by atoms with Gasteiger partial charge in [-0.1, -0.05) is 41.9 Å². The summed E-state index contributed by atoms with van der Waals surface area (Å²) in [6.07, 6.45) is 0. The van der Waals surface area contributed by atoms with Crippen molar-refractivity contribution in [3.8, 4) is 5.75 Å². The first-order valence-electron chi connectivity index (χ1n) is 12.0. The first kappa shape index (κ1) is 27.9. The highest BCUT2D eigenvalue weighted by molar-refractivity contribution is 7.92. The number of nitrogens with zero attached hydrogens (tertiary/aromatic N) is 2. The zero-order valence-corrected chi connectivity index (χ0v) is 23.0. The largest absolute Gasteiger partial charge is 0.495 e. The summed E-state index contributed by atoms with van der Waals surface area (Å²) < 4.78 is 33.4. The molecule has 12 heteroatoms. The SMILES string of the molecule is CCN(c1ccccc1)S(=O)(=O)c1ccc(OC)c(NC(=O)CN2C(=O)NC(C)(c3ccc(Cl)cc3)C2=O)c1. The third kappa shape index (κ3) is 5.41. The smallest absolute Gasteiger partial charge is 0.325 e. The van der Waals surface area contributed by atoms with Crippen molar-refractivity contribution in [3.05, 3.63) is 83.4 Å². The molecule has 0 saturated carbocycles. The molecule has 1 atom stereocenters. The first-order chi connectivity index (χ1) is 18.5. The van der Waals surface area contributed by atoms with Gasteiger partial charge in [0.1, 0.15) is 17.8 Å². The maximum Gasteiger partial charge on any atom is 0.325 e. The van der Waals surface area contributed by atoms with Crippen molar-refractivity contribution in [1.82, 2.24) is 10.2 Å². The number of benzene rings is 3. The zero-order valence-electron chi connectivity index (χ0n) is 21.5. The number of ether oxygens (including phenoxy) is 1. The van der Waals surface area contributed by atoms with Crippen LogP contribution in [0, 0.1) is 0 Å². The number of para-hydroxylation sites is 1. The second-order valence-corrected chi connectivity index (χ2v) is 11.2. The van der Waals surface area contributed by atoms with E-state index in [1.807, 2.05) is 0 Å². The number of sulfonamides is 1. The number of urea groups is 1. The number of rotatable bonds is 9. The molecular weight excluding hydrogens is 544 g/mol. The fourth-order valence-electron chi connectivity index (χ4n) is 4.31. The van der Waals surface area contributed by atoms with Crippen LogP contribution in [0.3, 0.4) is 0 Å².